The van der Waals surface area contributed by atoms with Crippen LogP contribution in [-0.4, -0.2) is 30.6 Å². The van der Waals surface area contributed by atoms with Crippen molar-refractivity contribution in [3.63, 3.8) is 0 Å². The van der Waals surface area contributed by atoms with E-state index in [-0.39, 0.29) is 17.1 Å². The normalized spacial score (nSPS) is 11.0. The van der Waals surface area contributed by atoms with Gasteiger partial charge in [-0.2, -0.15) is 5.10 Å². The predicted molar refractivity (Wildman–Crippen MR) is 84.8 cm³/mol. The molecule has 2 aromatic heterocycles. The number of H-pyrrole nitrogens is 1. The van der Waals surface area contributed by atoms with Crippen LogP contribution < -0.4 is 0 Å². The SMILES string of the molecule is O=C(c1cnn(-c2nc3ccccc3[nH]2)c1)c1ccccc1O. The number of hydrogen-bond donors (Lipinski definition) is 2. The van der Waals surface area contributed by atoms with E-state index in [1.807, 2.05) is 24.3 Å². The zero-order chi connectivity index (χ0) is 15.8. The van der Waals surface area contributed by atoms with E-state index in [4.69, 9.17) is 0 Å². The Balaban J connectivity index is 1.71. The van der Waals surface area contributed by atoms with Crippen LogP contribution in [0.1, 0.15) is 15.9 Å². The van der Waals surface area contributed by atoms with Crippen molar-refractivity contribution < 1.29 is 9.90 Å². The maximum atomic E-state index is 12.4. The Morgan fingerprint density at radius 2 is 1.87 bits per heavy atom. The lowest BCUT2D eigenvalue weighted by Crippen LogP contribution is -2.01. The molecule has 0 spiro atoms. The molecule has 4 rings (SSSR count). The fourth-order valence-electron chi connectivity index (χ4n) is 2.42. The number of para-hydroxylation sites is 3. The van der Waals surface area contributed by atoms with Crippen LogP contribution in [0.5, 0.6) is 5.75 Å². The summed E-state index contributed by atoms with van der Waals surface area (Å²) in [5.74, 6) is 0.196. The molecule has 2 aromatic carbocycles. The number of nitrogens with zero attached hydrogens (tertiary/aromatic N) is 3. The van der Waals surface area contributed by atoms with Crippen LogP contribution in [0.3, 0.4) is 0 Å². The van der Waals surface area contributed by atoms with Crippen molar-refractivity contribution in [2.45, 2.75) is 0 Å². The number of phenolic OH excluding ortho intramolecular Hbond substituents is 1. The zero-order valence-corrected chi connectivity index (χ0v) is 12.0. The first-order valence-electron chi connectivity index (χ1n) is 7.05. The van der Waals surface area contributed by atoms with Gasteiger partial charge in [-0.05, 0) is 24.3 Å². The molecular formula is C17H12N4O2. The van der Waals surface area contributed by atoms with Crippen LogP contribution in [0, 0.1) is 0 Å². The number of phenols is 1. The average molecular weight is 304 g/mol. The molecule has 0 radical (unpaired) electrons. The lowest BCUT2D eigenvalue weighted by atomic mass is 10.1. The van der Waals surface area contributed by atoms with Crippen LogP contribution in [-0.2, 0) is 0 Å². The van der Waals surface area contributed by atoms with Crippen LogP contribution in [0.4, 0.5) is 0 Å². The smallest absolute Gasteiger partial charge is 0.229 e. The fraction of sp³-hybridized carbons (Fsp3) is 0. The molecule has 0 aliphatic carbocycles. The first kappa shape index (κ1) is 13.3. The molecule has 4 aromatic rings. The molecular weight excluding hydrogens is 292 g/mol. The molecule has 0 aliphatic heterocycles. The van der Waals surface area contributed by atoms with Gasteiger partial charge in [-0.1, -0.05) is 24.3 Å². The van der Waals surface area contributed by atoms with Crippen molar-refractivity contribution in [3.8, 4) is 11.7 Å². The minimum Gasteiger partial charge on any atom is -0.507 e. The van der Waals surface area contributed by atoms with Crippen molar-refractivity contribution in [2.75, 3.05) is 0 Å². The Kier molecular flexibility index (Phi) is 2.94. The maximum absolute atomic E-state index is 12.4. The van der Waals surface area contributed by atoms with Crippen LogP contribution >= 0.6 is 0 Å². The Bertz CT molecular complexity index is 983. The summed E-state index contributed by atoms with van der Waals surface area (Å²) in [5.41, 5.74) is 2.35. The van der Waals surface area contributed by atoms with Gasteiger partial charge >= 0.3 is 0 Å². The van der Waals surface area contributed by atoms with Crippen LogP contribution in [0.15, 0.2) is 60.9 Å². The number of carbonyl (C=O) groups is 1. The van der Waals surface area contributed by atoms with Gasteiger partial charge in [-0.25, -0.2) is 9.67 Å². The highest BCUT2D eigenvalue weighted by atomic mass is 16.3. The molecule has 2 N–H and O–H groups in total. The van der Waals surface area contributed by atoms with Crippen LogP contribution in [0.2, 0.25) is 0 Å². The molecule has 6 nitrogen and oxygen atoms in total. The summed E-state index contributed by atoms with van der Waals surface area (Å²) >= 11 is 0. The maximum Gasteiger partial charge on any atom is 0.229 e. The number of ketones is 1. The Morgan fingerprint density at radius 1 is 1.09 bits per heavy atom. The Hall–Kier alpha value is -3.41. The molecule has 0 amide bonds. The molecule has 0 saturated carbocycles. The highest BCUT2D eigenvalue weighted by Gasteiger charge is 2.16. The third-order valence-corrected chi connectivity index (χ3v) is 3.59. The number of imidazole rings is 1. The van der Waals surface area contributed by atoms with Gasteiger partial charge < -0.3 is 10.1 Å². The number of hydrogen-bond acceptors (Lipinski definition) is 4. The minimum absolute atomic E-state index is 0.0472. The van der Waals surface area contributed by atoms with E-state index in [0.29, 0.717) is 11.5 Å². The topological polar surface area (TPSA) is 83.8 Å². The number of fused-ring (bicyclic) bond motifs is 1. The number of aromatic nitrogens is 4. The second kappa shape index (κ2) is 5.10. The minimum atomic E-state index is -0.287. The summed E-state index contributed by atoms with van der Waals surface area (Å²) in [6.45, 7) is 0. The van der Waals surface area contributed by atoms with Crippen LogP contribution in [0.25, 0.3) is 17.0 Å². The molecule has 0 bridgehead atoms. The van der Waals surface area contributed by atoms with Crippen molar-refractivity contribution in [1.82, 2.24) is 19.7 Å². The van der Waals surface area contributed by atoms with E-state index >= 15 is 0 Å². The van der Waals surface area contributed by atoms with E-state index < -0.39 is 0 Å². The number of nitrogens with one attached hydrogen (secondary N) is 1. The number of carbonyl (C=O) groups excluding carboxylic acids is 1. The highest BCUT2D eigenvalue weighted by molar-refractivity contribution is 6.10. The molecule has 0 aliphatic rings. The van der Waals surface area contributed by atoms with Crippen molar-refractivity contribution in [1.29, 1.82) is 0 Å². The molecule has 6 heteroatoms. The summed E-state index contributed by atoms with van der Waals surface area (Å²) in [5, 5.41) is 14.0. The van der Waals surface area contributed by atoms with E-state index in [2.05, 4.69) is 15.1 Å². The number of rotatable bonds is 3. The molecule has 112 valence electrons. The summed E-state index contributed by atoms with van der Waals surface area (Å²) in [7, 11) is 0. The van der Waals surface area contributed by atoms with Crippen molar-refractivity contribution >= 4 is 16.8 Å². The highest BCUT2D eigenvalue weighted by Crippen LogP contribution is 2.20. The number of aromatic amines is 1. The van der Waals surface area contributed by atoms with Gasteiger partial charge in [0.2, 0.25) is 5.95 Å². The third-order valence-electron chi connectivity index (χ3n) is 3.59. The Morgan fingerprint density at radius 3 is 2.70 bits per heavy atom. The monoisotopic (exact) mass is 304 g/mol. The van der Waals surface area contributed by atoms with E-state index in [0.717, 1.165) is 11.0 Å². The van der Waals surface area contributed by atoms with E-state index in [1.54, 1.807) is 24.4 Å². The van der Waals surface area contributed by atoms with Gasteiger partial charge in [0.15, 0.2) is 5.78 Å². The molecule has 0 fully saturated rings. The van der Waals surface area contributed by atoms with Gasteiger partial charge in [-0.15, -0.1) is 0 Å². The molecule has 2 heterocycles. The first-order chi connectivity index (χ1) is 11.2. The summed E-state index contributed by atoms with van der Waals surface area (Å²) in [4.78, 5) is 20.0. The van der Waals surface area contributed by atoms with Crippen molar-refractivity contribution in [2.24, 2.45) is 0 Å². The third kappa shape index (κ3) is 2.26. The summed E-state index contributed by atoms with van der Waals surface area (Å²) < 4.78 is 1.51. The van der Waals surface area contributed by atoms with Gasteiger partial charge in [0, 0.05) is 6.20 Å². The van der Waals surface area contributed by atoms with Gasteiger partial charge in [-0.3, -0.25) is 4.79 Å². The standard InChI is InChI=1S/C17H12N4O2/c22-15-8-4-1-5-12(15)16(23)11-9-18-21(10-11)17-19-13-6-2-3-7-14(13)20-17/h1-10,22H,(H,19,20). The van der Waals surface area contributed by atoms with Gasteiger partial charge in [0.05, 0.1) is 28.4 Å². The lowest BCUT2D eigenvalue weighted by Gasteiger charge is -2.00. The first-order valence-corrected chi connectivity index (χ1v) is 7.05. The largest absolute Gasteiger partial charge is 0.507 e. The zero-order valence-electron chi connectivity index (χ0n) is 12.0. The summed E-state index contributed by atoms with van der Waals surface area (Å²) in [6, 6.07) is 14.1. The number of aromatic hydroxyl groups is 1. The molecule has 0 unspecified atom stereocenters. The second-order valence-corrected chi connectivity index (χ2v) is 5.10. The lowest BCUT2D eigenvalue weighted by molar-refractivity contribution is 0.103. The van der Waals surface area contributed by atoms with Gasteiger partial charge in [0.1, 0.15) is 5.75 Å². The second-order valence-electron chi connectivity index (χ2n) is 5.10. The van der Waals surface area contributed by atoms with Crippen molar-refractivity contribution in [3.05, 3.63) is 72.1 Å². The predicted octanol–water partition coefficient (Wildman–Crippen LogP) is 2.69. The van der Waals surface area contributed by atoms with E-state index in [9.17, 15) is 9.90 Å². The Labute approximate surface area is 131 Å². The average Bonchev–Trinajstić information content (AvgIpc) is 3.21. The van der Waals surface area contributed by atoms with E-state index in [1.165, 1.54) is 16.9 Å². The quantitative estimate of drug-likeness (QED) is 0.570. The van der Waals surface area contributed by atoms with Gasteiger partial charge in [0.25, 0.3) is 0 Å². The molecule has 23 heavy (non-hydrogen) atoms. The number of benzene rings is 2. The fourth-order valence-corrected chi connectivity index (χ4v) is 2.42. The molecule has 0 atom stereocenters. The summed E-state index contributed by atoms with van der Waals surface area (Å²) in [6.07, 6.45) is 3.05. The molecule has 0 saturated heterocycles.